The Hall–Kier alpha value is 0.130. The second-order valence-corrected chi connectivity index (χ2v) is 3.17. The highest BCUT2D eigenvalue weighted by atomic mass is 35.5. The molecule has 14 heavy (non-hydrogen) atoms. The van der Waals surface area contributed by atoms with Crippen LogP contribution in [0.2, 0.25) is 0 Å². The molecule has 0 radical (unpaired) electrons. The van der Waals surface area contributed by atoms with Crippen LogP contribution in [0.5, 0.6) is 0 Å². The molecule has 0 aromatic heterocycles. The molecule has 1 atom stereocenters. The predicted octanol–water partition coefficient (Wildman–Crippen LogP) is 0.493. The van der Waals surface area contributed by atoms with Crippen molar-refractivity contribution in [3.05, 3.63) is 0 Å². The molecule has 0 rings (SSSR count). The summed E-state index contributed by atoms with van der Waals surface area (Å²) in [6, 6.07) is 0.202. The Bertz CT molecular complexity index is 116. The van der Waals surface area contributed by atoms with Crippen LogP contribution in [0.25, 0.3) is 0 Å². The van der Waals surface area contributed by atoms with Crippen LogP contribution < -0.4 is 5.32 Å². The topological polar surface area (TPSA) is 39.7 Å². The standard InChI is InChI=1S/C9H20ClNO3/c1-12-5-6-14-4-3-11-9(7-10)8-13-2/h9,11H,3-8H2,1-2H3. The van der Waals surface area contributed by atoms with E-state index in [1.54, 1.807) is 14.2 Å². The van der Waals surface area contributed by atoms with Gasteiger partial charge in [-0.05, 0) is 0 Å². The molecule has 86 valence electrons. The molecule has 0 saturated heterocycles. The van der Waals surface area contributed by atoms with Gasteiger partial charge in [-0.25, -0.2) is 0 Å². The molecule has 4 nitrogen and oxygen atoms in total. The van der Waals surface area contributed by atoms with E-state index in [4.69, 9.17) is 25.8 Å². The fraction of sp³-hybridized carbons (Fsp3) is 1.00. The van der Waals surface area contributed by atoms with Crippen LogP contribution >= 0.6 is 11.6 Å². The molecule has 0 saturated carbocycles. The number of hydrogen-bond donors (Lipinski definition) is 1. The van der Waals surface area contributed by atoms with Gasteiger partial charge in [-0.2, -0.15) is 0 Å². The van der Waals surface area contributed by atoms with Gasteiger partial charge in [0.15, 0.2) is 0 Å². The lowest BCUT2D eigenvalue weighted by Crippen LogP contribution is -2.37. The molecule has 0 aliphatic rings. The van der Waals surface area contributed by atoms with Crippen molar-refractivity contribution in [2.75, 3.05) is 53.1 Å². The van der Waals surface area contributed by atoms with E-state index in [9.17, 15) is 0 Å². The van der Waals surface area contributed by atoms with Gasteiger partial charge >= 0.3 is 0 Å². The molecule has 0 heterocycles. The maximum atomic E-state index is 5.71. The first-order valence-corrected chi connectivity index (χ1v) is 5.23. The number of ether oxygens (including phenoxy) is 3. The number of hydrogen-bond acceptors (Lipinski definition) is 4. The van der Waals surface area contributed by atoms with Crippen molar-refractivity contribution in [3.8, 4) is 0 Å². The first-order chi connectivity index (χ1) is 6.85. The lowest BCUT2D eigenvalue weighted by molar-refractivity contribution is 0.0696. The summed E-state index contributed by atoms with van der Waals surface area (Å²) < 4.78 is 15.1. The minimum absolute atomic E-state index is 0.202. The number of methoxy groups -OCH3 is 2. The average Bonchev–Trinajstić information content (AvgIpc) is 2.21. The molecule has 0 bridgehead atoms. The van der Waals surface area contributed by atoms with E-state index in [1.165, 1.54) is 0 Å². The van der Waals surface area contributed by atoms with Gasteiger partial charge in [0.05, 0.1) is 26.4 Å². The van der Waals surface area contributed by atoms with Gasteiger partial charge in [-0.15, -0.1) is 11.6 Å². The molecule has 1 N–H and O–H groups in total. The molecular formula is C9H20ClNO3. The largest absolute Gasteiger partial charge is 0.383 e. The predicted molar refractivity (Wildman–Crippen MR) is 57.1 cm³/mol. The zero-order valence-electron chi connectivity index (χ0n) is 8.92. The Balaban J connectivity index is 3.15. The quantitative estimate of drug-likeness (QED) is 0.434. The fourth-order valence-electron chi connectivity index (χ4n) is 0.939. The van der Waals surface area contributed by atoms with Crippen molar-refractivity contribution in [1.29, 1.82) is 0 Å². The van der Waals surface area contributed by atoms with Gasteiger partial charge in [0, 0.05) is 32.7 Å². The second kappa shape index (κ2) is 11.2. The Labute approximate surface area is 90.9 Å². The maximum Gasteiger partial charge on any atom is 0.0700 e. The molecule has 0 aliphatic heterocycles. The zero-order chi connectivity index (χ0) is 10.6. The van der Waals surface area contributed by atoms with E-state index in [1.807, 2.05) is 0 Å². The van der Waals surface area contributed by atoms with Crippen molar-refractivity contribution < 1.29 is 14.2 Å². The molecule has 0 aromatic carbocycles. The van der Waals surface area contributed by atoms with Crippen molar-refractivity contribution in [2.24, 2.45) is 0 Å². The highest BCUT2D eigenvalue weighted by Crippen LogP contribution is 1.88. The first-order valence-electron chi connectivity index (χ1n) is 4.70. The third-order valence-corrected chi connectivity index (χ3v) is 2.04. The molecule has 0 fully saturated rings. The maximum absolute atomic E-state index is 5.71. The molecule has 0 aromatic rings. The third-order valence-electron chi connectivity index (χ3n) is 1.67. The third kappa shape index (κ3) is 8.72. The summed E-state index contributed by atoms with van der Waals surface area (Å²) in [7, 11) is 3.32. The van der Waals surface area contributed by atoms with E-state index >= 15 is 0 Å². The Kier molecular flexibility index (Phi) is 11.3. The smallest absolute Gasteiger partial charge is 0.0700 e. The molecule has 0 amide bonds. The fourth-order valence-corrected chi connectivity index (χ4v) is 1.14. The monoisotopic (exact) mass is 225 g/mol. The van der Waals surface area contributed by atoms with Gasteiger partial charge in [0.1, 0.15) is 0 Å². The number of rotatable bonds is 10. The Morgan fingerprint density at radius 1 is 1.14 bits per heavy atom. The minimum Gasteiger partial charge on any atom is -0.383 e. The molecule has 0 spiro atoms. The van der Waals surface area contributed by atoms with Crippen LogP contribution in [-0.2, 0) is 14.2 Å². The van der Waals surface area contributed by atoms with Gasteiger partial charge < -0.3 is 19.5 Å². The van der Waals surface area contributed by atoms with Crippen molar-refractivity contribution in [1.82, 2.24) is 5.32 Å². The van der Waals surface area contributed by atoms with Crippen molar-refractivity contribution in [3.63, 3.8) is 0 Å². The molecule has 0 aliphatic carbocycles. The number of nitrogens with one attached hydrogen (secondary N) is 1. The van der Waals surface area contributed by atoms with E-state index in [2.05, 4.69) is 5.32 Å². The second-order valence-electron chi connectivity index (χ2n) is 2.87. The van der Waals surface area contributed by atoms with Crippen molar-refractivity contribution >= 4 is 11.6 Å². The van der Waals surface area contributed by atoms with Crippen molar-refractivity contribution in [2.45, 2.75) is 6.04 Å². The summed E-state index contributed by atoms with van der Waals surface area (Å²) in [5.74, 6) is 0.548. The number of halogens is 1. The van der Waals surface area contributed by atoms with Crippen LogP contribution in [0.1, 0.15) is 0 Å². The van der Waals surface area contributed by atoms with E-state index < -0.39 is 0 Å². The summed E-state index contributed by atoms with van der Waals surface area (Å²) in [6.07, 6.45) is 0. The van der Waals surface area contributed by atoms with E-state index in [0.717, 1.165) is 6.54 Å². The summed E-state index contributed by atoms with van der Waals surface area (Å²) in [6.45, 7) is 3.34. The summed E-state index contributed by atoms with van der Waals surface area (Å²) in [5.41, 5.74) is 0. The molecular weight excluding hydrogens is 206 g/mol. The minimum atomic E-state index is 0.202. The summed E-state index contributed by atoms with van der Waals surface area (Å²) in [4.78, 5) is 0. The lowest BCUT2D eigenvalue weighted by Gasteiger charge is -2.14. The lowest BCUT2D eigenvalue weighted by atomic mass is 10.3. The summed E-state index contributed by atoms with van der Waals surface area (Å²) >= 11 is 5.71. The first kappa shape index (κ1) is 14.1. The van der Waals surface area contributed by atoms with Crippen LogP contribution in [0.3, 0.4) is 0 Å². The van der Waals surface area contributed by atoms with Crippen LogP contribution in [-0.4, -0.2) is 59.1 Å². The summed E-state index contributed by atoms with van der Waals surface area (Å²) in [5, 5.41) is 3.22. The van der Waals surface area contributed by atoms with Crippen LogP contribution in [0.15, 0.2) is 0 Å². The molecule has 5 heteroatoms. The van der Waals surface area contributed by atoms with Gasteiger partial charge in [0.2, 0.25) is 0 Å². The average molecular weight is 226 g/mol. The van der Waals surface area contributed by atoms with Crippen LogP contribution in [0, 0.1) is 0 Å². The Morgan fingerprint density at radius 2 is 1.93 bits per heavy atom. The van der Waals surface area contributed by atoms with Gasteiger partial charge in [-0.3, -0.25) is 0 Å². The highest BCUT2D eigenvalue weighted by Gasteiger charge is 2.04. The molecule has 1 unspecified atom stereocenters. The van der Waals surface area contributed by atoms with E-state index in [-0.39, 0.29) is 6.04 Å². The zero-order valence-corrected chi connectivity index (χ0v) is 9.68. The van der Waals surface area contributed by atoms with E-state index in [0.29, 0.717) is 32.3 Å². The van der Waals surface area contributed by atoms with Crippen LogP contribution in [0.4, 0.5) is 0 Å². The number of alkyl halides is 1. The Morgan fingerprint density at radius 3 is 2.50 bits per heavy atom. The SMILES string of the molecule is COCCOCCNC(CCl)COC. The highest BCUT2D eigenvalue weighted by molar-refractivity contribution is 6.18. The van der Waals surface area contributed by atoms with Gasteiger partial charge in [-0.1, -0.05) is 0 Å². The normalized spacial score (nSPS) is 13.1. The van der Waals surface area contributed by atoms with Gasteiger partial charge in [0.25, 0.3) is 0 Å².